The molecule has 0 aromatic carbocycles. The molecule has 16 heavy (non-hydrogen) atoms. The summed E-state index contributed by atoms with van der Waals surface area (Å²) in [7, 11) is 0. The van der Waals surface area contributed by atoms with Crippen molar-refractivity contribution in [2.45, 2.75) is 45.4 Å². The maximum atomic E-state index is 12.1. The molecule has 0 amide bonds. The highest BCUT2D eigenvalue weighted by Crippen LogP contribution is 2.44. The van der Waals surface area contributed by atoms with Gasteiger partial charge in [0.2, 0.25) is 0 Å². The summed E-state index contributed by atoms with van der Waals surface area (Å²) in [6, 6.07) is 0. The lowest BCUT2D eigenvalue weighted by Gasteiger charge is -2.36. The summed E-state index contributed by atoms with van der Waals surface area (Å²) in [5.41, 5.74) is 0.508. The van der Waals surface area contributed by atoms with Crippen LogP contribution in [-0.4, -0.2) is 12.6 Å². The molecule has 0 unspecified atom stereocenters. The Morgan fingerprint density at radius 3 is 2.94 bits per heavy atom. The van der Waals surface area contributed by atoms with Gasteiger partial charge in [0.05, 0.1) is 12.0 Å². The molecule has 0 bridgehead atoms. The van der Waals surface area contributed by atoms with E-state index in [2.05, 4.69) is 12.5 Å². The van der Waals surface area contributed by atoms with E-state index in [0.717, 1.165) is 31.3 Å². The molecule has 0 aliphatic heterocycles. The second-order valence-corrected chi connectivity index (χ2v) is 4.32. The molecule has 0 heterocycles. The highest BCUT2D eigenvalue weighted by molar-refractivity contribution is 5.80. The second-order valence-electron chi connectivity index (χ2n) is 4.32. The Bertz CT molecular complexity index is 311. The van der Waals surface area contributed by atoms with Crippen molar-refractivity contribution in [2.75, 3.05) is 6.61 Å². The van der Waals surface area contributed by atoms with Gasteiger partial charge in [0.25, 0.3) is 0 Å². The van der Waals surface area contributed by atoms with Crippen LogP contribution in [0.15, 0.2) is 12.2 Å². The van der Waals surface area contributed by atoms with Crippen LogP contribution in [0.1, 0.15) is 45.4 Å². The molecular formula is C14H20O2. The van der Waals surface area contributed by atoms with E-state index in [9.17, 15) is 4.79 Å². The normalized spacial score (nSPS) is 24.9. The molecule has 88 valence electrons. The quantitative estimate of drug-likeness (QED) is 0.413. The van der Waals surface area contributed by atoms with Crippen molar-refractivity contribution in [3.05, 3.63) is 12.2 Å². The molecule has 1 aliphatic rings. The zero-order valence-corrected chi connectivity index (χ0v) is 10.1. The maximum Gasteiger partial charge on any atom is 0.316 e. The zero-order chi connectivity index (χ0) is 12.0. The molecule has 1 fully saturated rings. The van der Waals surface area contributed by atoms with Crippen LogP contribution in [0, 0.1) is 17.8 Å². The fourth-order valence-corrected chi connectivity index (χ4v) is 2.39. The van der Waals surface area contributed by atoms with Gasteiger partial charge in [-0.15, -0.1) is 12.3 Å². The van der Waals surface area contributed by atoms with E-state index >= 15 is 0 Å². The standard InChI is InChI=1S/C14H20O2/c1-4-6-10-14(13(15)16-5-2)11-8-7-9-12(14)3/h1H,3,5-11H2,2H3/t14-/m0/s1. The fraction of sp³-hybridized carbons (Fsp3) is 0.643. The molecule has 0 aromatic heterocycles. The third-order valence-electron chi connectivity index (χ3n) is 3.37. The minimum Gasteiger partial charge on any atom is -0.465 e. The average Bonchev–Trinajstić information content (AvgIpc) is 2.28. The van der Waals surface area contributed by atoms with Gasteiger partial charge >= 0.3 is 5.97 Å². The lowest BCUT2D eigenvalue weighted by atomic mass is 9.68. The van der Waals surface area contributed by atoms with E-state index in [1.807, 2.05) is 6.92 Å². The summed E-state index contributed by atoms with van der Waals surface area (Å²) in [5, 5.41) is 0. The first-order chi connectivity index (χ1) is 7.67. The van der Waals surface area contributed by atoms with E-state index < -0.39 is 5.41 Å². The molecule has 0 aromatic rings. The first-order valence-electron chi connectivity index (χ1n) is 5.96. The van der Waals surface area contributed by atoms with Crippen molar-refractivity contribution >= 4 is 5.97 Å². The molecule has 0 saturated heterocycles. The van der Waals surface area contributed by atoms with Crippen molar-refractivity contribution in [1.29, 1.82) is 0 Å². The molecule has 0 spiro atoms. The van der Waals surface area contributed by atoms with Gasteiger partial charge in [-0.1, -0.05) is 18.6 Å². The Kier molecular flexibility index (Phi) is 4.61. The number of hydrogen-bond donors (Lipinski definition) is 0. The van der Waals surface area contributed by atoms with Crippen LogP contribution in [0.2, 0.25) is 0 Å². The number of carbonyl (C=O) groups is 1. The Labute approximate surface area is 98.1 Å². The molecule has 2 heteroatoms. The predicted octanol–water partition coefficient (Wildman–Crippen LogP) is 3.08. The molecule has 0 N–H and O–H groups in total. The van der Waals surface area contributed by atoms with E-state index in [-0.39, 0.29) is 5.97 Å². The van der Waals surface area contributed by atoms with Gasteiger partial charge in [-0.2, -0.15) is 0 Å². The van der Waals surface area contributed by atoms with Crippen molar-refractivity contribution < 1.29 is 9.53 Å². The van der Waals surface area contributed by atoms with Crippen LogP contribution < -0.4 is 0 Å². The third-order valence-corrected chi connectivity index (χ3v) is 3.37. The monoisotopic (exact) mass is 220 g/mol. The summed E-state index contributed by atoms with van der Waals surface area (Å²) in [5.74, 6) is 2.48. The topological polar surface area (TPSA) is 26.3 Å². The van der Waals surface area contributed by atoms with Crippen LogP contribution in [0.3, 0.4) is 0 Å². The lowest BCUT2D eigenvalue weighted by Crippen LogP contribution is -2.36. The van der Waals surface area contributed by atoms with Gasteiger partial charge in [-0.25, -0.2) is 0 Å². The van der Waals surface area contributed by atoms with E-state index in [0.29, 0.717) is 19.4 Å². The Morgan fingerprint density at radius 1 is 1.62 bits per heavy atom. The first kappa shape index (κ1) is 12.8. The van der Waals surface area contributed by atoms with Crippen molar-refractivity contribution in [2.24, 2.45) is 5.41 Å². The number of hydrogen-bond acceptors (Lipinski definition) is 2. The molecule has 0 radical (unpaired) electrons. The van der Waals surface area contributed by atoms with Crippen molar-refractivity contribution in [3.63, 3.8) is 0 Å². The van der Waals surface area contributed by atoms with Gasteiger partial charge in [0.1, 0.15) is 0 Å². The lowest BCUT2D eigenvalue weighted by molar-refractivity contribution is -0.154. The molecule has 1 saturated carbocycles. The van der Waals surface area contributed by atoms with Crippen molar-refractivity contribution in [1.82, 2.24) is 0 Å². The minimum absolute atomic E-state index is 0.130. The highest BCUT2D eigenvalue weighted by Gasteiger charge is 2.42. The first-order valence-corrected chi connectivity index (χ1v) is 5.96. The average molecular weight is 220 g/mol. The number of ether oxygens (including phenoxy) is 1. The Balaban J connectivity index is 2.86. The number of carbonyl (C=O) groups excluding carboxylic acids is 1. The van der Waals surface area contributed by atoms with Gasteiger partial charge < -0.3 is 4.74 Å². The molecule has 2 nitrogen and oxygen atoms in total. The van der Waals surface area contributed by atoms with Gasteiger partial charge in [-0.3, -0.25) is 4.79 Å². The summed E-state index contributed by atoms with van der Waals surface area (Å²) < 4.78 is 5.18. The minimum atomic E-state index is -0.499. The summed E-state index contributed by atoms with van der Waals surface area (Å²) in [6.45, 7) is 6.31. The fourth-order valence-electron chi connectivity index (χ4n) is 2.39. The van der Waals surface area contributed by atoms with E-state index in [1.54, 1.807) is 0 Å². The van der Waals surface area contributed by atoms with Gasteiger partial charge in [-0.05, 0) is 32.6 Å². The van der Waals surface area contributed by atoms with Crippen LogP contribution in [0.25, 0.3) is 0 Å². The molecule has 1 aliphatic carbocycles. The third kappa shape index (κ3) is 2.47. The van der Waals surface area contributed by atoms with Crippen LogP contribution >= 0.6 is 0 Å². The maximum absolute atomic E-state index is 12.1. The smallest absolute Gasteiger partial charge is 0.316 e. The largest absolute Gasteiger partial charge is 0.465 e. The van der Waals surface area contributed by atoms with Crippen LogP contribution in [0.5, 0.6) is 0 Å². The van der Waals surface area contributed by atoms with Crippen LogP contribution in [0.4, 0.5) is 0 Å². The van der Waals surface area contributed by atoms with Crippen molar-refractivity contribution in [3.8, 4) is 12.3 Å². The molecule has 1 rings (SSSR count). The summed E-state index contributed by atoms with van der Waals surface area (Å²) >= 11 is 0. The van der Waals surface area contributed by atoms with E-state index in [1.165, 1.54) is 0 Å². The van der Waals surface area contributed by atoms with E-state index in [4.69, 9.17) is 11.2 Å². The number of rotatable bonds is 4. The summed E-state index contributed by atoms with van der Waals surface area (Å²) in [6.07, 6.45) is 10.5. The van der Waals surface area contributed by atoms with Gasteiger partial charge in [0, 0.05) is 6.42 Å². The predicted molar refractivity (Wildman–Crippen MR) is 64.7 cm³/mol. The SMILES string of the molecule is C#CCC[C@]1(C(=O)OCC)CCCCC1=C. The molecule has 1 atom stereocenters. The second kappa shape index (κ2) is 5.75. The Hall–Kier alpha value is -1.23. The zero-order valence-electron chi connectivity index (χ0n) is 10.1. The summed E-state index contributed by atoms with van der Waals surface area (Å²) in [4.78, 5) is 12.1. The van der Waals surface area contributed by atoms with Gasteiger partial charge in [0.15, 0.2) is 0 Å². The van der Waals surface area contributed by atoms with Crippen LogP contribution in [-0.2, 0) is 9.53 Å². The highest BCUT2D eigenvalue weighted by atomic mass is 16.5. The number of terminal acetylenes is 1. The Morgan fingerprint density at radius 2 is 2.38 bits per heavy atom. The number of esters is 1. The molecular weight excluding hydrogens is 200 g/mol.